The van der Waals surface area contributed by atoms with Crippen LogP contribution in [0.25, 0.3) is 0 Å². The van der Waals surface area contributed by atoms with E-state index in [0.29, 0.717) is 18.9 Å². The summed E-state index contributed by atoms with van der Waals surface area (Å²) in [5, 5.41) is 20.6. The molecule has 0 radical (unpaired) electrons. The average molecular weight is 414 g/mol. The van der Waals surface area contributed by atoms with Gasteiger partial charge in [-0.25, -0.2) is 5.48 Å². The average Bonchev–Trinajstić information content (AvgIpc) is 2.77. The van der Waals surface area contributed by atoms with E-state index < -0.39 is 12.1 Å². The third-order valence-corrected chi connectivity index (χ3v) is 5.77. The van der Waals surface area contributed by atoms with Crippen LogP contribution in [-0.2, 0) is 16.2 Å². The minimum Gasteiger partial charge on any atom is -0.507 e. The summed E-state index contributed by atoms with van der Waals surface area (Å²) in [6.07, 6.45) is 8.81. The number of hydrogen-bond acceptors (Lipinski definition) is 6. The lowest BCUT2D eigenvalue weighted by atomic mass is 9.88. The number of hydrogen-bond donors (Lipinski definition) is 4. The van der Waals surface area contributed by atoms with E-state index in [1.165, 1.54) is 12.7 Å². The third-order valence-electron chi connectivity index (χ3n) is 5.77. The fourth-order valence-corrected chi connectivity index (χ4v) is 4.05. The van der Waals surface area contributed by atoms with Gasteiger partial charge in [-0.2, -0.15) is 0 Å². The van der Waals surface area contributed by atoms with Crippen LogP contribution >= 0.6 is 0 Å². The standard InChI is InChI=1S/C23H31N3O4/c1-30-25-23(29)20-7-5-16(14-21(20)27)6-8-22(28)26-11-9-18(10-12-26)19-4-2-3-17(13-19)15-24/h2-4,6-8,13-14,16,18,22,27-28H,5,9-12,15,24H2,1H3,(H,25,29)/b8-6+. The zero-order valence-electron chi connectivity index (χ0n) is 17.3. The highest BCUT2D eigenvalue weighted by molar-refractivity contribution is 5.96. The molecule has 1 aromatic rings. The van der Waals surface area contributed by atoms with Crippen molar-refractivity contribution >= 4 is 5.91 Å². The fourth-order valence-electron chi connectivity index (χ4n) is 4.05. The Kier molecular flexibility index (Phi) is 7.81. The van der Waals surface area contributed by atoms with E-state index in [2.05, 4.69) is 33.4 Å². The number of benzene rings is 1. The van der Waals surface area contributed by atoms with Gasteiger partial charge >= 0.3 is 0 Å². The summed E-state index contributed by atoms with van der Waals surface area (Å²) in [4.78, 5) is 18.4. The van der Waals surface area contributed by atoms with E-state index in [9.17, 15) is 15.0 Å². The van der Waals surface area contributed by atoms with Crippen LogP contribution in [0.1, 0.15) is 36.3 Å². The maximum absolute atomic E-state index is 11.8. The highest BCUT2D eigenvalue weighted by atomic mass is 16.6. The number of carbonyl (C=O) groups excluding carboxylic acids is 1. The predicted octanol–water partition coefficient (Wildman–Crippen LogP) is 2.27. The van der Waals surface area contributed by atoms with Gasteiger partial charge in [-0.1, -0.05) is 36.4 Å². The third kappa shape index (κ3) is 5.58. The number of nitrogens with one attached hydrogen (secondary N) is 1. The number of carbonyl (C=O) groups is 1. The first-order valence-corrected chi connectivity index (χ1v) is 10.4. The second-order valence-electron chi connectivity index (χ2n) is 7.76. The van der Waals surface area contributed by atoms with Crippen LogP contribution < -0.4 is 11.2 Å². The fraction of sp³-hybridized carbons (Fsp3) is 0.435. The summed E-state index contributed by atoms with van der Waals surface area (Å²) in [5.74, 6) is -0.145. The van der Waals surface area contributed by atoms with Gasteiger partial charge < -0.3 is 15.9 Å². The smallest absolute Gasteiger partial charge is 0.278 e. The Morgan fingerprint density at radius 3 is 2.83 bits per heavy atom. The van der Waals surface area contributed by atoms with E-state index >= 15 is 0 Å². The Morgan fingerprint density at radius 2 is 2.17 bits per heavy atom. The van der Waals surface area contributed by atoms with Crippen molar-refractivity contribution in [3.63, 3.8) is 0 Å². The summed E-state index contributed by atoms with van der Waals surface area (Å²) < 4.78 is 0. The van der Waals surface area contributed by atoms with E-state index in [1.54, 1.807) is 18.2 Å². The Morgan fingerprint density at radius 1 is 1.40 bits per heavy atom. The van der Waals surface area contributed by atoms with Gasteiger partial charge in [0.1, 0.15) is 12.0 Å². The quantitative estimate of drug-likeness (QED) is 0.403. The highest BCUT2D eigenvalue weighted by Crippen LogP contribution is 2.29. The van der Waals surface area contributed by atoms with Crippen molar-refractivity contribution in [3.05, 3.63) is 71.0 Å². The van der Waals surface area contributed by atoms with Crippen LogP contribution in [0.5, 0.6) is 0 Å². The van der Waals surface area contributed by atoms with E-state index in [1.807, 2.05) is 12.1 Å². The molecule has 1 fully saturated rings. The van der Waals surface area contributed by atoms with Crippen LogP contribution in [0.2, 0.25) is 0 Å². The Balaban J connectivity index is 1.51. The van der Waals surface area contributed by atoms with E-state index in [0.717, 1.165) is 31.5 Å². The maximum atomic E-state index is 11.8. The molecule has 0 bridgehead atoms. The molecule has 1 amide bonds. The highest BCUT2D eigenvalue weighted by Gasteiger charge is 2.24. The predicted molar refractivity (Wildman–Crippen MR) is 115 cm³/mol. The number of aliphatic hydroxyl groups excluding tert-OH is 2. The Labute approximate surface area is 177 Å². The molecule has 1 aliphatic heterocycles. The molecule has 2 atom stereocenters. The summed E-state index contributed by atoms with van der Waals surface area (Å²) in [6, 6.07) is 8.46. The molecule has 1 saturated heterocycles. The minimum absolute atomic E-state index is 0.0738. The second kappa shape index (κ2) is 10.5. The monoisotopic (exact) mass is 413 g/mol. The van der Waals surface area contributed by atoms with Gasteiger partial charge in [0.25, 0.3) is 5.91 Å². The summed E-state index contributed by atoms with van der Waals surface area (Å²) >= 11 is 0. The van der Waals surface area contributed by atoms with Crippen molar-refractivity contribution in [1.82, 2.24) is 10.4 Å². The van der Waals surface area contributed by atoms with Gasteiger partial charge in [0.15, 0.2) is 0 Å². The number of nitrogens with two attached hydrogens (primary N) is 1. The van der Waals surface area contributed by atoms with Gasteiger partial charge in [-0.05, 0) is 48.5 Å². The second-order valence-corrected chi connectivity index (χ2v) is 7.76. The van der Waals surface area contributed by atoms with Crippen LogP contribution in [0, 0.1) is 5.92 Å². The van der Waals surface area contributed by atoms with Gasteiger partial charge in [-0.15, -0.1) is 0 Å². The molecule has 2 unspecified atom stereocenters. The number of piperidine rings is 1. The number of allylic oxidation sites excluding steroid dienone is 3. The maximum Gasteiger partial charge on any atom is 0.278 e. The zero-order valence-corrected chi connectivity index (χ0v) is 17.3. The molecular formula is C23H31N3O4. The van der Waals surface area contributed by atoms with Gasteiger partial charge in [0, 0.05) is 25.6 Å². The molecular weight excluding hydrogens is 382 g/mol. The Hall–Kier alpha value is -2.45. The van der Waals surface area contributed by atoms with Crippen molar-refractivity contribution in [1.29, 1.82) is 0 Å². The molecule has 162 valence electrons. The van der Waals surface area contributed by atoms with E-state index in [-0.39, 0.29) is 17.3 Å². The molecule has 0 aromatic heterocycles. The van der Waals surface area contributed by atoms with Crippen molar-refractivity contribution in [2.24, 2.45) is 11.7 Å². The molecule has 5 N–H and O–H groups in total. The van der Waals surface area contributed by atoms with Crippen molar-refractivity contribution in [2.45, 2.75) is 38.0 Å². The topological polar surface area (TPSA) is 108 Å². The largest absolute Gasteiger partial charge is 0.507 e. The lowest BCUT2D eigenvalue weighted by Gasteiger charge is -2.34. The first-order chi connectivity index (χ1) is 14.5. The number of amides is 1. The van der Waals surface area contributed by atoms with Crippen LogP contribution in [0.3, 0.4) is 0 Å². The lowest BCUT2D eigenvalue weighted by Crippen LogP contribution is -2.40. The van der Waals surface area contributed by atoms with Crippen LogP contribution in [0.15, 0.2) is 59.9 Å². The van der Waals surface area contributed by atoms with Gasteiger partial charge in [0.2, 0.25) is 0 Å². The molecule has 0 saturated carbocycles. The molecule has 30 heavy (non-hydrogen) atoms. The normalized spacial score (nSPS) is 21.9. The van der Waals surface area contributed by atoms with Gasteiger partial charge in [-0.3, -0.25) is 14.5 Å². The molecule has 3 rings (SSSR count). The van der Waals surface area contributed by atoms with Crippen LogP contribution in [-0.4, -0.2) is 47.4 Å². The summed E-state index contributed by atoms with van der Waals surface area (Å²) in [7, 11) is 1.34. The number of aliphatic hydroxyl groups is 2. The SMILES string of the molecule is CONC(=O)C1=CCC(/C=C/C(O)N2CCC(c3cccc(CN)c3)CC2)C=C1O. The molecule has 7 heteroatoms. The molecule has 7 nitrogen and oxygen atoms in total. The van der Waals surface area contributed by atoms with Crippen LogP contribution in [0.4, 0.5) is 0 Å². The first kappa shape index (κ1) is 22.2. The van der Waals surface area contributed by atoms with Crippen molar-refractivity contribution < 1.29 is 19.8 Å². The van der Waals surface area contributed by atoms with Crippen molar-refractivity contribution in [3.8, 4) is 0 Å². The Bertz CT molecular complexity index is 825. The number of rotatable bonds is 7. The first-order valence-electron chi connectivity index (χ1n) is 10.4. The van der Waals surface area contributed by atoms with E-state index in [4.69, 9.17) is 5.73 Å². The molecule has 1 aliphatic carbocycles. The zero-order chi connectivity index (χ0) is 21.5. The summed E-state index contributed by atoms with van der Waals surface area (Å²) in [6.45, 7) is 2.18. The lowest BCUT2D eigenvalue weighted by molar-refractivity contribution is -0.127. The minimum atomic E-state index is -0.668. The number of likely N-dealkylation sites (tertiary alicyclic amines) is 1. The number of nitrogens with zero attached hydrogens (tertiary/aromatic N) is 1. The summed E-state index contributed by atoms with van der Waals surface area (Å²) in [5.41, 5.74) is 10.6. The molecule has 2 aliphatic rings. The molecule has 1 heterocycles. The molecule has 1 aromatic carbocycles. The number of hydroxylamine groups is 1. The van der Waals surface area contributed by atoms with Crippen molar-refractivity contribution in [2.75, 3.05) is 20.2 Å². The molecule has 0 spiro atoms. The van der Waals surface area contributed by atoms with Gasteiger partial charge in [0.05, 0.1) is 12.7 Å².